The molecule has 0 aliphatic rings. The largest absolute Gasteiger partial charge is 0.459 e. The third-order valence-corrected chi connectivity index (χ3v) is 3.18. The van der Waals surface area contributed by atoms with Gasteiger partial charge in [-0.1, -0.05) is 0 Å². The van der Waals surface area contributed by atoms with E-state index in [0.29, 0.717) is 16.7 Å². The van der Waals surface area contributed by atoms with Gasteiger partial charge in [0, 0.05) is 24.5 Å². The fraction of sp³-hybridized carbons (Fsp3) is 0.357. The van der Waals surface area contributed by atoms with Gasteiger partial charge in [-0.15, -0.1) is 0 Å². The number of benzene rings is 1. The molecule has 1 heterocycles. The number of hydrogen-bond donors (Lipinski definition) is 2. The Bertz CT molecular complexity index is 624. The lowest BCUT2D eigenvalue weighted by atomic mass is 10.1. The van der Waals surface area contributed by atoms with Crippen LogP contribution in [0.2, 0.25) is 0 Å². The van der Waals surface area contributed by atoms with Gasteiger partial charge in [-0.2, -0.15) is 0 Å². The van der Waals surface area contributed by atoms with E-state index in [4.69, 9.17) is 9.52 Å². The van der Waals surface area contributed by atoms with Crippen molar-refractivity contribution in [1.82, 2.24) is 10.2 Å². The number of carbonyl (C=O) groups is 1. The number of amides is 2. The molecule has 5 nitrogen and oxygen atoms in total. The van der Waals surface area contributed by atoms with Gasteiger partial charge in [-0.05, 0) is 25.1 Å². The fourth-order valence-electron chi connectivity index (χ4n) is 1.95. The van der Waals surface area contributed by atoms with Crippen molar-refractivity contribution in [3.05, 3.63) is 35.3 Å². The van der Waals surface area contributed by atoms with Crippen LogP contribution in [0, 0.1) is 12.7 Å². The van der Waals surface area contributed by atoms with E-state index < -0.39 is 0 Å². The number of likely N-dealkylation sites (N-methyl/N-ethyl adjacent to an activating group) is 1. The Labute approximate surface area is 116 Å². The van der Waals surface area contributed by atoms with Crippen LogP contribution >= 0.6 is 0 Å². The van der Waals surface area contributed by atoms with Gasteiger partial charge < -0.3 is 19.7 Å². The van der Waals surface area contributed by atoms with Crippen LogP contribution in [0.1, 0.15) is 11.3 Å². The molecule has 0 fully saturated rings. The number of carbonyl (C=O) groups excluding carboxylic acids is 1. The second kappa shape index (κ2) is 5.92. The van der Waals surface area contributed by atoms with E-state index in [-0.39, 0.29) is 31.5 Å². The molecule has 2 aromatic rings. The predicted octanol–water partition coefficient (Wildman–Crippen LogP) is 2.01. The summed E-state index contributed by atoms with van der Waals surface area (Å²) in [6.07, 6.45) is 0. The minimum Gasteiger partial charge on any atom is -0.459 e. The monoisotopic (exact) mass is 280 g/mol. The maximum Gasteiger partial charge on any atom is 0.317 e. The molecule has 1 aromatic carbocycles. The molecule has 2 amide bonds. The first-order valence-electron chi connectivity index (χ1n) is 6.30. The average molecular weight is 280 g/mol. The highest BCUT2D eigenvalue weighted by Crippen LogP contribution is 2.25. The molecule has 0 saturated heterocycles. The van der Waals surface area contributed by atoms with Crippen LogP contribution in [0.3, 0.4) is 0 Å². The van der Waals surface area contributed by atoms with Crippen LogP contribution in [0.15, 0.2) is 22.6 Å². The van der Waals surface area contributed by atoms with Crippen molar-refractivity contribution in [1.29, 1.82) is 0 Å². The SMILES string of the molecule is Cc1c(CNC(=O)N(C)CCO)oc2ccc(F)cc12. The van der Waals surface area contributed by atoms with Crippen LogP contribution in [0.4, 0.5) is 9.18 Å². The number of nitrogens with zero attached hydrogens (tertiary/aromatic N) is 1. The van der Waals surface area contributed by atoms with Gasteiger partial charge in [0.25, 0.3) is 0 Å². The molecule has 0 unspecified atom stereocenters. The first kappa shape index (κ1) is 14.3. The minimum atomic E-state index is -0.320. The molecule has 6 heteroatoms. The van der Waals surface area contributed by atoms with Crippen molar-refractivity contribution in [3.63, 3.8) is 0 Å². The van der Waals surface area contributed by atoms with Crippen molar-refractivity contribution in [3.8, 4) is 0 Å². The molecule has 0 spiro atoms. The van der Waals surface area contributed by atoms with E-state index in [0.717, 1.165) is 5.56 Å². The molecule has 0 aliphatic heterocycles. The molecule has 2 rings (SSSR count). The van der Waals surface area contributed by atoms with Crippen LogP contribution in [-0.2, 0) is 6.54 Å². The summed E-state index contributed by atoms with van der Waals surface area (Å²) in [6.45, 7) is 2.21. The first-order valence-corrected chi connectivity index (χ1v) is 6.30. The summed E-state index contributed by atoms with van der Waals surface area (Å²) in [5.41, 5.74) is 1.40. The summed E-state index contributed by atoms with van der Waals surface area (Å²) in [4.78, 5) is 13.1. The summed E-state index contributed by atoms with van der Waals surface area (Å²) in [5, 5.41) is 12.2. The van der Waals surface area contributed by atoms with Gasteiger partial charge in [-0.3, -0.25) is 0 Å². The zero-order chi connectivity index (χ0) is 14.7. The summed E-state index contributed by atoms with van der Waals surface area (Å²) >= 11 is 0. The summed E-state index contributed by atoms with van der Waals surface area (Å²) in [7, 11) is 1.59. The Morgan fingerprint density at radius 1 is 1.50 bits per heavy atom. The highest BCUT2D eigenvalue weighted by atomic mass is 19.1. The number of aliphatic hydroxyl groups is 1. The van der Waals surface area contributed by atoms with E-state index in [1.165, 1.54) is 17.0 Å². The second-order valence-electron chi connectivity index (χ2n) is 4.59. The molecule has 0 atom stereocenters. The normalized spacial score (nSPS) is 10.8. The number of urea groups is 1. The smallest absolute Gasteiger partial charge is 0.317 e. The Hall–Kier alpha value is -2.08. The number of rotatable bonds is 4. The van der Waals surface area contributed by atoms with Crippen LogP contribution < -0.4 is 5.32 Å². The molecular weight excluding hydrogens is 263 g/mol. The minimum absolute atomic E-state index is 0.0904. The van der Waals surface area contributed by atoms with E-state index in [1.807, 2.05) is 6.92 Å². The molecule has 1 aromatic heterocycles. The Kier molecular flexibility index (Phi) is 4.24. The van der Waals surface area contributed by atoms with Crippen molar-refractivity contribution in [2.75, 3.05) is 20.2 Å². The van der Waals surface area contributed by atoms with Gasteiger partial charge in [-0.25, -0.2) is 9.18 Å². The second-order valence-corrected chi connectivity index (χ2v) is 4.59. The Balaban J connectivity index is 2.10. The van der Waals surface area contributed by atoms with Gasteiger partial charge >= 0.3 is 6.03 Å². The van der Waals surface area contributed by atoms with E-state index in [9.17, 15) is 9.18 Å². The lowest BCUT2D eigenvalue weighted by molar-refractivity contribution is 0.189. The Morgan fingerprint density at radius 2 is 2.25 bits per heavy atom. The molecule has 0 aliphatic carbocycles. The third kappa shape index (κ3) is 2.91. The zero-order valence-corrected chi connectivity index (χ0v) is 11.4. The number of fused-ring (bicyclic) bond motifs is 1. The standard InChI is InChI=1S/C14H17FN2O3/c1-9-11-7-10(15)3-4-12(11)20-13(9)8-16-14(19)17(2)5-6-18/h3-4,7,18H,5-6,8H2,1-2H3,(H,16,19). The van der Waals surface area contributed by atoms with Gasteiger partial charge in [0.05, 0.1) is 13.2 Å². The van der Waals surface area contributed by atoms with Gasteiger partial charge in [0.1, 0.15) is 17.2 Å². The molecular formula is C14H17FN2O3. The summed E-state index contributed by atoms with van der Waals surface area (Å²) < 4.78 is 18.8. The van der Waals surface area contributed by atoms with Crippen molar-refractivity contribution in [2.24, 2.45) is 0 Å². The third-order valence-electron chi connectivity index (χ3n) is 3.18. The number of aryl methyl sites for hydroxylation is 1. The van der Waals surface area contributed by atoms with Crippen molar-refractivity contribution < 1.29 is 18.7 Å². The van der Waals surface area contributed by atoms with Crippen molar-refractivity contribution >= 4 is 17.0 Å². The van der Waals surface area contributed by atoms with E-state index >= 15 is 0 Å². The van der Waals surface area contributed by atoms with E-state index in [1.54, 1.807) is 13.1 Å². The molecule has 0 radical (unpaired) electrons. The van der Waals surface area contributed by atoms with Crippen LogP contribution in [-0.4, -0.2) is 36.2 Å². The van der Waals surface area contributed by atoms with Crippen molar-refractivity contribution in [2.45, 2.75) is 13.5 Å². The highest BCUT2D eigenvalue weighted by Gasteiger charge is 2.13. The molecule has 2 N–H and O–H groups in total. The fourth-order valence-corrected chi connectivity index (χ4v) is 1.95. The van der Waals surface area contributed by atoms with Gasteiger partial charge in [0.15, 0.2) is 0 Å². The summed E-state index contributed by atoms with van der Waals surface area (Å²) in [6, 6.07) is 4.02. The Morgan fingerprint density at radius 3 is 2.95 bits per heavy atom. The number of halogens is 1. The molecule has 108 valence electrons. The van der Waals surface area contributed by atoms with Crippen LogP contribution in [0.5, 0.6) is 0 Å². The summed E-state index contributed by atoms with van der Waals surface area (Å²) in [5.74, 6) is 0.274. The topological polar surface area (TPSA) is 65.7 Å². The predicted molar refractivity (Wildman–Crippen MR) is 72.9 cm³/mol. The molecule has 20 heavy (non-hydrogen) atoms. The number of nitrogens with one attached hydrogen (secondary N) is 1. The first-order chi connectivity index (χ1) is 9.52. The van der Waals surface area contributed by atoms with Gasteiger partial charge in [0.2, 0.25) is 0 Å². The lowest BCUT2D eigenvalue weighted by Gasteiger charge is -2.15. The lowest BCUT2D eigenvalue weighted by Crippen LogP contribution is -2.38. The quantitative estimate of drug-likeness (QED) is 0.900. The molecule has 0 saturated carbocycles. The highest BCUT2D eigenvalue weighted by molar-refractivity contribution is 5.82. The zero-order valence-electron chi connectivity index (χ0n) is 11.4. The number of aliphatic hydroxyl groups excluding tert-OH is 1. The van der Waals surface area contributed by atoms with Crippen LogP contribution in [0.25, 0.3) is 11.0 Å². The van der Waals surface area contributed by atoms with E-state index in [2.05, 4.69) is 5.32 Å². The number of hydrogen-bond acceptors (Lipinski definition) is 3. The maximum absolute atomic E-state index is 13.2. The maximum atomic E-state index is 13.2. The molecule has 0 bridgehead atoms. The average Bonchev–Trinajstić information content (AvgIpc) is 2.73. The number of furan rings is 1.